The highest BCUT2D eigenvalue weighted by Crippen LogP contribution is 2.29. The molecule has 1 aliphatic carbocycles. The molecule has 0 radical (unpaired) electrons. The molecule has 1 saturated heterocycles. The zero-order valence-electron chi connectivity index (χ0n) is 13.5. The number of amides is 1. The fraction of sp³-hybridized carbons (Fsp3) is 0.938. The number of carbonyl (C=O) groups is 1. The van der Waals surface area contributed by atoms with Crippen molar-refractivity contribution in [2.24, 2.45) is 5.73 Å². The highest BCUT2D eigenvalue weighted by atomic mass is 16.2. The molecule has 0 aromatic rings. The van der Waals surface area contributed by atoms with E-state index in [1.165, 1.54) is 19.3 Å². The van der Waals surface area contributed by atoms with Crippen molar-refractivity contribution in [1.29, 1.82) is 0 Å². The third-order valence-electron chi connectivity index (χ3n) is 4.93. The maximum Gasteiger partial charge on any atom is 0.224 e. The second-order valence-corrected chi connectivity index (χ2v) is 7.64. The number of hydrogen-bond acceptors (Lipinski definition) is 3. The van der Waals surface area contributed by atoms with Crippen molar-refractivity contribution in [3.8, 4) is 0 Å². The molecule has 20 heavy (non-hydrogen) atoms. The van der Waals surface area contributed by atoms with Gasteiger partial charge in [-0.05, 0) is 33.6 Å². The molecule has 0 atom stereocenters. The molecule has 2 N–H and O–H groups in total. The molecule has 4 heteroatoms. The Morgan fingerprint density at radius 1 is 1.05 bits per heavy atom. The molecule has 1 heterocycles. The van der Waals surface area contributed by atoms with Gasteiger partial charge in [0.2, 0.25) is 5.91 Å². The summed E-state index contributed by atoms with van der Waals surface area (Å²) in [4.78, 5) is 16.9. The summed E-state index contributed by atoms with van der Waals surface area (Å²) in [6, 6.07) is 0. The van der Waals surface area contributed by atoms with E-state index in [1.54, 1.807) is 0 Å². The number of carbonyl (C=O) groups excluding carboxylic acids is 1. The molecule has 1 amide bonds. The second kappa shape index (κ2) is 6.02. The van der Waals surface area contributed by atoms with Gasteiger partial charge in [0, 0.05) is 43.7 Å². The Labute approximate surface area is 123 Å². The molecule has 2 rings (SSSR count). The van der Waals surface area contributed by atoms with Gasteiger partial charge in [-0.15, -0.1) is 0 Å². The topological polar surface area (TPSA) is 49.6 Å². The predicted molar refractivity (Wildman–Crippen MR) is 82.5 cm³/mol. The van der Waals surface area contributed by atoms with Crippen LogP contribution in [0.2, 0.25) is 0 Å². The molecule has 0 spiro atoms. The normalized spacial score (nSPS) is 24.7. The zero-order valence-corrected chi connectivity index (χ0v) is 13.5. The van der Waals surface area contributed by atoms with Crippen molar-refractivity contribution in [2.75, 3.05) is 26.2 Å². The van der Waals surface area contributed by atoms with Crippen LogP contribution in [-0.2, 0) is 4.79 Å². The fourth-order valence-electron chi connectivity index (χ4n) is 3.47. The number of piperazine rings is 1. The van der Waals surface area contributed by atoms with Gasteiger partial charge in [-0.2, -0.15) is 0 Å². The van der Waals surface area contributed by atoms with Crippen LogP contribution < -0.4 is 5.73 Å². The van der Waals surface area contributed by atoms with Gasteiger partial charge in [0.15, 0.2) is 0 Å². The SMILES string of the molecule is CC(C)(C)N1CCN(C(=O)CC2(N)CCCCC2)CC1. The molecular formula is C16H31N3O. The maximum atomic E-state index is 12.5. The van der Waals surface area contributed by atoms with Gasteiger partial charge in [0.05, 0.1) is 0 Å². The monoisotopic (exact) mass is 281 g/mol. The van der Waals surface area contributed by atoms with Gasteiger partial charge in [-0.25, -0.2) is 0 Å². The highest BCUT2D eigenvalue weighted by molar-refractivity contribution is 5.77. The lowest BCUT2D eigenvalue weighted by Gasteiger charge is -2.43. The summed E-state index contributed by atoms with van der Waals surface area (Å²) in [5, 5.41) is 0. The largest absolute Gasteiger partial charge is 0.340 e. The third-order valence-corrected chi connectivity index (χ3v) is 4.93. The van der Waals surface area contributed by atoms with Gasteiger partial charge in [-0.1, -0.05) is 19.3 Å². The Hall–Kier alpha value is -0.610. The average molecular weight is 281 g/mol. The van der Waals surface area contributed by atoms with Crippen LogP contribution in [0.1, 0.15) is 59.3 Å². The lowest BCUT2D eigenvalue weighted by molar-refractivity contribution is -0.135. The lowest BCUT2D eigenvalue weighted by Crippen LogP contribution is -2.56. The van der Waals surface area contributed by atoms with Gasteiger partial charge in [0.25, 0.3) is 0 Å². The first-order chi connectivity index (χ1) is 9.30. The van der Waals surface area contributed by atoms with Crippen molar-refractivity contribution in [3.63, 3.8) is 0 Å². The molecule has 0 aromatic heterocycles. The summed E-state index contributed by atoms with van der Waals surface area (Å²) in [6.07, 6.45) is 6.21. The van der Waals surface area contributed by atoms with Crippen molar-refractivity contribution < 1.29 is 4.79 Å². The van der Waals surface area contributed by atoms with E-state index in [0.29, 0.717) is 6.42 Å². The van der Waals surface area contributed by atoms with E-state index >= 15 is 0 Å². The van der Waals surface area contributed by atoms with E-state index in [4.69, 9.17) is 5.73 Å². The van der Waals surface area contributed by atoms with Gasteiger partial charge >= 0.3 is 0 Å². The van der Waals surface area contributed by atoms with E-state index in [-0.39, 0.29) is 17.0 Å². The van der Waals surface area contributed by atoms with Crippen LogP contribution in [0.15, 0.2) is 0 Å². The highest BCUT2D eigenvalue weighted by Gasteiger charge is 2.33. The molecule has 4 nitrogen and oxygen atoms in total. The minimum Gasteiger partial charge on any atom is -0.340 e. The van der Waals surface area contributed by atoms with Crippen LogP contribution in [0.25, 0.3) is 0 Å². The smallest absolute Gasteiger partial charge is 0.224 e. The van der Waals surface area contributed by atoms with E-state index in [0.717, 1.165) is 39.0 Å². The zero-order chi connectivity index (χ0) is 14.8. The first-order valence-electron chi connectivity index (χ1n) is 8.12. The van der Waals surface area contributed by atoms with Crippen molar-refractivity contribution in [2.45, 2.75) is 70.4 Å². The first-order valence-corrected chi connectivity index (χ1v) is 8.12. The summed E-state index contributed by atoms with van der Waals surface area (Å²) in [5.41, 5.74) is 6.38. The lowest BCUT2D eigenvalue weighted by atomic mass is 9.80. The summed E-state index contributed by atoms with van der Waals surface area (Å²) in [5.74, 6) is 0.267. The molecule has 0 unspecified atom stereocenters. The third kappa shape index (κ3) is 3.95. The molecule has 2 fully saturated rings. The Balaban J connectivity index is 1.83. The van der Waals surface area contributed by atoms with Crippen LogP contribution in [0.4, 0.5) is 0 Å². The summed E-state index contributed by atoms with van der Waals surface area (Å²) >= 11 is 0. The van der Waals surface area contributed by atoms with E-state index in [1.807, 2.05) is 4.90 Å². The minimum atomic E-state index is -0.226. The van der Waals surface area contributed by atoms with Gasteiger partial charge < -0.3 is 10.6 Å². The molecule has 116 valence electrons. The van der Waals surface area contributed by atoms with E-state index in [9.17, 15) is 4.79 Å². The van der Waals surface area contributed by atoms with E-state index < -0.39 is 0 Å². The van der Waals surface area contributed by atoms with Crippen LogP contribution >= 0.6 is 0 Å². The van der Waals surface area contributed by atoms with Gasteiger partial charge in [-0.3, -0.25) is 9.69 Å². The Morgan fingerprint density at radius 2 is 1.60 bits per heavy atom. The number of hydrogen-bond donors (Lipinski definition) is 1. The van der Waals surface area contributed by atoms with Crippen molar-refractivity contribution in [1.82, 2.24) is 9.80 Å². The van der Waals surface area contributed by atoms with Gasteiger partial charge in [0.1, 0.15) is 0 Å². The first kappa shape index (κ1) is 15.8. The van der Waals surface area contributed by atoms with Crippen molar-refractivity contribution >= 4 is 5.91 Å². The number of nitrogens with zero attached hydrogens (tertiary/aromatic N) is 2. The van der Waals surface area contributed by atoms with Crippen LogP contribution in [0.5, 0.6) is 0 Å². The number of rotatable bonds is 2. The van der Waals surface area contributed by atoms with Crippen LogP contribution in [0, 0.1) is 0 Å². The fourth-order valence-corrected chi connectivity index (χ4v) is 3.47. The summed E-state index contributed by atoms with van der Waals surface area (Å²) in [6.45, 7) is 10.4. The summed E-state index contributed by atoms with van der Waals surface area (Å²) < 4.78 is 0. The second-order valence-electron chi connectivity index (χ2n) is 7.64. The number of nitrogens with two attached hydrogens (primary N) is 1. The molecule has 0 bridgehead atoms. The van der Waals surface area contributed by atoms with Crippen LogP contribution in [0.3, 0.4) is 0 Å². The minimum absolute atomic E-state index is 0.202. The van der Waals surface area contributed by atoms with Crippen molar-refractivity contribution in [3.05, 3.63) is 0 Å². The predicted octanol–water partition coefficient (Wildman–Crippen LogP) is 1.98. The average Bonchev–Trinajstić information content (AvgIpc) is 2.38. The maximum absolute atomic E-state index is 12.5. The Kier molecular flexibility index (Phi) is 4.75. The molecule has 1 saturated carbocycles. The molecule has 0 aromatic carbocycles. The quantitative estimate of drug-likeness (QED) is 0.842. The standard InChI is InChI=1S/C16H31N3O/c1-15(2,3)19-11-9-18(10-12-19)14(20)13-16(17)7-5-4-6-8-16/h4-13,17H2,1-3H3. The molecule has 1 aliphatic heterocycles. The van der Waals surface area contributed by atoms with Crippen LogP contribution in [-0.4, -0.2) is 53.0 Å². The molecule has 2 aliphatic rings. The molecular weight excluding hydrogens is 250 g/mol. The van der Waals surface area contributed by atoms with E-state index in [2.05, 4.69) is 25.7 Å². The Morgan fingerprint density at radius 3 is 2.10 bits per heavy atom. The summed E-state index contributed by atoms with van der Waals surface area (Å²) in [7, 11) is 0. The Bertz CT molecular complexity index is 334.